The van der Waals surface area contributed by atoms with Crippen LogP contribution in [-0.4, -0.2) is 0 Å². The van der Waals surface area contributed by atoms with Crippen LogP contribution in [0, 0.1) is 5.92 Å². The van der Waals surface area contributed by atoms with E-state index in [4.69, 9.17) is 0 Å². The van der Waals surface area contributed by atoms with E-state index in [1.165, 1.54) is 5.56 Å². The molecule has 0 aliphatic heterocycles. The third-order valence-electron chi connectivity index (χ3n) is 2.55. The highest BCUT2D eigenvalue weighted by Gasteiger charge is 1.93. The fourth-order valence-corrected chi connectivity index (χ4v) is 1.52. The lowest BCUT2D eigenvalue weighted by Crippen LogP contribution is -1.95. The molecule has 0 aliphatic rings. The minimum Gasteiger partial charge on any atom is -0.359 e. The molecule has 0 bridgehead atoms. The lowest BCUT2D eigenvalue weighted by atomic mass is 10.1. The zero-order chi connectivity index (χ0) is 12.7. The molecule has 92 valence electrons. The normalized spacial score (nSPS) is 12.4. The van der Waals surface area contributed by atoms with Gasteiger partial charge in [-0.1, -0.05) is 45.1 Å². The van der Waals surface area contributed by atoms with Crippen LogP contribution in [0.25, 0.3) is 0 Å². The van der Waals surface area contributed by atoms with Gasteiger partial charge in [0, 0.05) is 11.4 Å². The zero-order valence-electron chi connectivity index (χ0n) is 11.3. The Bertz CT molecular complexity index is 382. The van der Waals surface area contributed by atoms with Crippen molar-refractivity contribution in [1.82, 2.24) is 0 Å². The molecule has 0 atom stereocenters. The number of nitrogens with one attached hydrogen (secondary N) is 1. The summed E-state index contributed by atoms with van der Waals surface area (Å²) in [7, 11) is 0. The topological polar surface area (TPSA) is 12.0 Å². The second-order valence-electron chi connectivity index (χ2n) is 4.65. The molecule has 1 aromatic rings. The summed E-state index contributed by atoms with van der Waals surface area (Å²) in [5.41, 5.74) is 3.68. The Hall–Kier alpha value is -1.50. The first kappa shape index (κ1) is 13.6. The minimum absolute atomic E-state index is 0.600. The lowest BCUT2D eigenvalue weighted by molar-refractivity contribution is 0.832. The number of anilines is 1. The first-order valence-electron chi connectivity index (χ1n) is 6.33. The maximum Gasteiger partial charge on any atom is 0.0381 e. The van der Waals surface area contributed by atoms with Gasteiger partial charge in [-0.3, -0.25) is 0 Å². The molecule has 0 saturated carbocycles. The molecule has 1 rings (SSSR count). The van der Waals surface area contributed by atoms with Gasteiger partial charge in [0.1, 0.15) is 0 Å². The van der Waals surface area contributed by atoms with Crippen molar-refractivity contribution in [3.63, 3.8) is 0 Å². The average Bonchev–Trinajstić information content (AvgIpc) is 2.29. The molecule has 0 amide bonds. The lowest BCUT2D eigenvalue weighted by Gasteiger charge is -2.06. The third kappa shape index (κ3) is 5.39. The van der Waals surface area contributed by atoms with Crippen molar-refractivity contribution < 1.29 is 0 Å². The molecule has 17 heavy (non-hydrogen) atoms. The molecular formula is C16H23N. The van der Waals surface area contributed by atoms with E-state index in [1.54, 1.807) is 0 Å². The molecule has 0 saturated heterocycles. The summed E-state index contributed by atoms with van der Waals surface area (Å²) < 4.78 is 0. The van der Waals surface area contributed by atoms with Crippen LogP contribution in [0.5, 0.6) is 0 Å². The van der Waals surface area contributed by atoms with Crippen molar-refractivity contribution in [3.8, 4) is 0 Å². The van der Waals surface area contributed by atoms with Gasteiger partial charge < -0.3 is 5.32 Å². The van der Waals surface area contributed by atoms with Gasteiger partial charge in [-0.05, 0) is 43.0 Å². The summed E-state index contributed by atoms with van der Waals surface area (Å²) in [6, 6.07) is 8.59. The number of hydrogen-bond donors (Lipinski definition) is 1. The summed E-state index contributed by atoms with van der Waals surface area (Å²) in [5, 5.41) is 3.38. The molecular weight excluding hydrogens is 206 g/mol. The van der Waals surface area contributed by atoms with E-state index in [2.05, 4.69) is 75.5 Å². The number of rotatable bonds is 5. The van der Waals surface area contributed by atoms with Gasteiger partial charge in [0.25, 0.3) is 0 Å². The largest absolute Gasteiger partial charge is 0.359 e. The van der Waals surface area contributed by atoms with Gasteiger partial charge in [-0.25, -0.2) is 0 Å². The van der Waals surface area contributed by atoms with Gasteiger partial charge in [0.05, 0.1) is 0 Å². The molecule has 0 aliphatic carbocycles. The number of aryl methyl sites for hydroxylation is 1. The fraction of sp³-hybridized carbons (Fsp3) is 0.375. The summed E-state index contributed by atoms with van der Waals surface area (Å²) in [6.07, 6.45) is 7.48. The Morgan fingerprint density at radius 2 is 1.88 bits per heavy atom. The van der Waals surface area contributed by atoms with Crippen LogP contribution in [0.2, 0.25) is 0 Å². The number of hydrogen-bond acceptors (Lipinski definition) is 1. The molecule has 0 aromatic heterocycles. The molecule has 0 fully saturated rings. The Balaban J connectivity index is 2.58. The maximum absolute atomic E-state index is 3.38. The molecule has 1 nitrogen and oxygen atoms in total. The molecule has 0 heterocycles. The smallest absolute Gasteiger partial charge is 0.0381 e. The second kappa shape index (κ2) is 6.95. The van der Waals surface area contributed by atoms with Crippen molar-refractivity contribution in [2.45, 2.75) is 34.1 Å². The van der Waals surface area contributed by atoms with Gasteiger partial charge in [-0.2, -0.15) is 0 Å². The Kier molecular flexibility index (Phi) is 5.55. The first-order valence-corrected chi connectivity index (χ1v) is 6.33. The van der Waals surface area contributed by atoms with Crippen LogP contribution >= 0.6 is 0 Å². The number of allylic oxidation sites excluding steroid dienone is 4. The Morgan fingerprint density at radius 3 is 2.41 bits per heavy atom. The van der Waals surface area contributed by atoms with Crippen LogP contribution in [-0.2, 0) is 6.42 Å². The molecule has 0 spiro atoms. The highest BCUT2D eigenvalue weighted by molar-refractivity contribution is 5.49. The third-order valence-corrected chi connectivity index (χ3v) is 2.55. The predicted molar refractivity (Wildman–Crippen MR) is 77.2 cm³/mol. The molecule has 0 unspecified atom stereocenters. The predicted octanol–water partition coefficient (Wildman–Crippen LogP) is 4.78. The van der Waals surface area contributed by atoms with Crippen LogP contribution in [0.4, 0.5) is 5.69 Å². The van der Waals surface area contributed by atoms with Crippen molar-refractivity contribution in [1.29, 1.82) is 0 Å². The van der Waals surface area contributed by atoms with E-state index >= 15 is 0 Å². The zero-order valence-corrected chi connectivity index (χ0v) is 11.3. The van der Waals surface area contributed by atoms with Crippen LogP contribution in [0.1, 0.15) is 33.3 Å². The first-order chi connectivity index (χ1) is 8.11. The van der Waals surface area contributed by atoms with Gasteiger partial charge >= 0.3 is 0 Å². The van der Waals surface area contributed by atoms with Crippen LogP contribution in [0.3, 0.4) is 0 Å². The summed E-state index contributed by atoms with van der Waals surface area (Å²) in [6.45, 7) is 8.61. The van der Waals surface area contributed by atoms with E-state index in [1.807, 2.05) is 0 Å². The highest BCUT2D eigenvalue weighted by Crippen LogP contribution is 2.12. The van der Waals surface area contributed by atoms with Crippen molar-refractivity contribution in [2.75, 3.05) is 5.32 Å². The fourth-order valence-electron chi connectivity index (χ4n) is 1.52. The quantitative estimate of drug-likeness (QED) is 0.717. The van der Waals surface area contributed by atoms with Crippen LogP contribution in [0.15, 0.2) is 48.2 Å². The van der Waals surface area contributed by atoms with Crippen molar-refractivity contribution in [3.05, 3.63) is 53.8 Å². The van der Waals surface area contributed by atoms with Gasteiger partial charge in [-0.15, -0.1) is 0 Å². The monoisotopic (exact) mass is 229 g/mol. The highest BCUT2D eigenvalue weighted by atomic mass is 14.9. The van der Waals surface area contributed by atoms with Crippen LogP contribution < -0.4 is 5.32 Å². The van der Waals surface area contributed by atoms with E-state index < -0.39 is 0 Å². The Labute approximate surface area is 105 Å². The Morgan fingerprint density at radius 1 is 1.24 bits per heavy atom. The molecule has 0 radical (unpaired) electrons. The standard InChI is InChI=1S/C16H23N/c1-5-15-9-11-16(12-10-15)17-14(4)8-6-7-13(2)3/h6-13,17H,5H2,1-4H3/b7-6-,14-8+. The maximum atomic E-state index is 3.38. The molecule has 1 aromatic carbocycles. The van der Waals surface area contributed by atoms with Gasteiger partial charge in [0.15, 0.2) is 0 Å². The summed E-state index contributed by atoms with van der Waals surface area (Å²) in [4.78, 5) is 0. The van der Waals surface area contributed by atoms with E-state index in [9.17, 15) is 0 Å². The summed E-state index contributed by atoms with van der Waals surface area (Å²) >= 11 is 0. The van der Waals surface area contributed by atoms with E-state index in [0.717, 1.165) is 17.8 Å². The van der Waals surface area contributed by atoms with E-state index in [-0.39, 0.29) is 0 Å². The molecule has 1 N–H and O–H groups in total. The minimum atomic E-state index is 0.600. The summed E-state index contributed by atoms with van der Waals surface area (Å²) in [5.74, 6) is 0.600. The van der Waals surface area contributed by atoms with E-state index in [0.29, 0.717) is 5.92 Å². The average molecular weight is 229 g/mol. The van der Waals surface area contributed by atoms with Crippen molar-refractivity contribution >= 4 is 5.69 Å². The van der Waals surface area contributed by atoms with Gasteiger partial charge in [0.2, 0.25) is 0 Å². The number of benzene rings is 1. The van der Waals surface area contributed by atoms with Crippen molar-refractivity contribution in [2.24, 2.45) is 5.92 Å². The molecule has 1 heteroatoms. The second-order valence-corrected chi connectivity index (χ2v) is 4.65. The SMILES string of the molecule is CCc1ccc(N/C(C)=C/C=C\C(C)C)cc1.